The van der Waals surface area contributed by atoms with Crippen molar-refractivity contribution in [1.82, 2.24) is 0 Å². The Morgan fingerprint density at radius 1 is 0.727 bits per heavy atom. The van der Waals surface area contributed by atoms with Crippen LogP contribution >= 0.6 is 0 Å². The smallest absolute Gasteiger partial charge is 0.0403 e. The summed E-state index contributed by atoms with van der Waals surface area (Å²) in [6.07, 6.45) is 10.0. The van der Waals surface area contributed by atoms with E-state index in [0.717, 1.165) is 32.4 Å². The molecule has 0 saturated carbocycles. The fraction of sp³-hybridized carbons (Fsp3) is 0.778. The zero-order chi connectivity index (χ0) is 7.78. The second kappa shape index (κ2) is 6.08. The molecule has 0 aromatic rings. The molecule has 0 aromatic carbocycles. The summed E-state index contributed by atoms with van der Waals surface area (Å²) in [5.41, 5.74) is 0. The second-order valence-corrected chi connectivity index (χ2v) is 2.82. The zero-order valence-electron chi connectivity index (χ0n) is 7.00. The zero-order valence-corrected chi connectivity index (χ0v) is 7.00. The monoisotopic (exact) mass is 152 g/mol. The first-order chi connectivity index (χ1) is 5.50. The fourth-order valence-corrected chi connectivity index (χ4v) is 1.09. The van der Waals surface area contributed by atoms with Crippen LogP contribution < -0.4 is 0 Å². The maximum atomic E-state index is 4.28. The SMILES string of the molecule is C1=NCCCN=CCCCC1. The summed E-state index contributed by atoms with van der Waals surface area (Å²) in [7, 11) is 0. The highest BCUT2D eigenvalue weighted by Gasteiger charge is 1.87. The second-order valence-electron chi connectivity index (χ2n) is 2.82. The first-order valence-corrected chi connectivity index (χ1v) is 4.47. The van der Waals surface area contributed by atoms with Crippen molar-refractivity contribution < 1.29 is 0 Å². The number of hydrogen-bond donors (Lipinski definition) is 0. The van der Waals surface area contributed by atoms with Gasteiger partial charge in [-0.15, -0.1) is 0 Å². The van der Waals surface area contributed by atoms with E-state index < -0.39 is 0 Å². The van der Waals surface area contributed by atoms with Crippen LogP contribution in [0.15, 0.2) is 9.98 Å². The van der Waals surface area contributed by atoms with Gasteiger partial charge in [-0.2, -0.15) is 0 Å². The fourth-order valence-electron chi connectivity index (χ4n) is 1.09. The summed E-state index contributed by atoms with van der Waals surface area (Å²) in [6.45, 7) is 1.91. The molecular formula is C9H16N2. The summed E-state index contributed by atoms with van der Waals surface area (Å²) in [4.78, 5) is 8.55. The van der Waals surface area contributed by atoms with Gasteiger partial charge in [0.2, 0.25) is 0 Å². The molecule has 1 heterocycles. The Kier molecular flexibility index (Phi) is 4.66. The lowest BCUT2D eigenvalue weighted by Gasteiger charge is -1.89. The molecule has 62 valence electrons. The Bertz CT molecular complexity index is 122. The van der Waals surface area contributed by atoms with Crippen LogP contribution in [0.5, 0.6) is 0 Å². The van der Waals surface area contributed by atoms with Crippen molar-refractivity contribution in [2.24, 2.45) is 9.98 Å². The van der Waals surface area contributed by atoms with E-state index >= 15 is 0 Å². The Morgan fingerprint density at radius 3 is 1.82 bits per heavy atom. The Hall–Kier alpha value is -0.660. The molecule has 0 spiro atoms. The maximum Gasteiger partial charge on any atom is 0.0403 e. The Balaban J connectivity index is 2.22. The molecule has 0 fully saturated rings. The molecule has 1 rings (SSSR count). The first-order valence-electron chi connectivity index (χ1n) is 4.47. The van der Waals surface area contributed by atoms with Crippen LogP contribution in [0.2, 0.25) is 0 Å². The summed E-state index contributed by atoms with van der Waals surface area (Å²) in [5.74, 6) is 0. The van der Waals surface area contributed by atoms with Gasteiger partial charge in [0.15, 0.2) is 0 Å². The van der Waals surface area contributed by atoms with Crippen molar-refractivity contribution in [3.05, 3.63) is 0 Å². The standard InChI is InChI=1S/C9H16N2/c1-2-4-7-11-9-5-8-10-6-3-1/h6-7H,1-5,8-9H2. The van der Waals surface area contributed by atoms with Crippen LogP contribution in [-0.2, 0) is 0 Å². The summed E-state index contributed by atoms with van der Waals surface area (Å²) in [6, 6.07) is 0. The summed E-state index contributed by atoms with van der Waals surface area (Å²) < 4.78 is 0. The third-order valence-electron chi connectivity index (χ3n) is 1.75. The van der Waals surface area contributed by atoms with Crippen LogP contribution in [0, 0.1) is 0 Å². The number of aliphatic imine (C=N–C) groups is 2. The van der Waals surface area contributed by atoms with Gasteiger partial charge < -0.3 is 0 Å². The molecule has 1 aliphatic rings. The molecule has 0 amide bonds. The van der Waals surface area contributed by atoms with E-state index in [0.29, 0.717) is 0 Å². The number of hydrogen-bond acceptors (Lipinski definition) is 2. The van der Waals surface area contributed by atoms with Gasteiger partial charge in [-0.1, -0.05) is 0 Å². The summed E-state index contributed by atoms with van der Waals surface area (Å²) >= 11 is 0. The molecule has 0 N–H and O–H groups in total. The van der Waals surface area contributed by atoms with Gasteiger partial charge in [-0.25, -0.2) is 0 Å². The highest BCUT2D eigenvalue weighted by atomic mass is 14.7. The van der Waals surface area contributed by atoms with Crippen molar-refractivity contribution in [2.45, 2.75) is 32.1 Å². The topological polar surface area (TPSA) is 24.7 Å². The molecule has 0 aromatic heterocycles. The van der Waals surface area contributed by atoms with E-state index in [1.54, 1.807) is 0 Å². The van der Waals surface area contributed by atoms with Crippen LogP contribution in [0.4, 0.5) is 0 Å². The molecule has 0 aliphatic carbocycles. The minimum atomic E-state index is 0.956. The van der Waals surface area contributed by atoms with E-state index in [1.165, 1.54) is 12.8 Å². The van der Waals surface area contributed by atoms with E-state index in [-0.39, 0.29) is 0 Å². The highest BCUT2D eigenvalue weighted by Crippen LogP contribution is 1.97. The van der Waals surface area contributed by atoms with E-state index in [9.17, 15) is 0 Å². The first kappa shape index (κ1) is 8.44. The molecule has 0 atom stereocenters. The molecule has 0 saturated heterocycles. The molecule has 0 unspecified atom stereocenters. The third kappa shape index (κ3) is 4.71. The molecule has 0 radical (unpaired) electrons. The van der Waals surface area contributed by atoms with Gasteiger partial charge in [0.05, 0.1) is 0 Å². The van der Waals surface area contributed by atoms with Gasteiger partial charge in [-0.3, -0.25) is 9.98 Å². The lowest BCUT2D eigenvalue weighted by Crippen LogP contribution is -1.86. The lowest BCUT2D eigenvalue weighted by molar-refractivity contribution is 0.805. The molecular weight excluding hydrogens is 136 g/mol. The predicted molar refractivity (Wildman–Crippen MR) is 49.8 cm³/mol. The van der Waals surface area contributed by atoms with Gasteiger partial charge in [0.25, 0.3) is 0 Å². The molecule has 1 aliphatic heterocycles. The van der Waals surface area contributed by atoms with E-state index in [2.05, 4.69) is 22.4 Å². The van der Waals surface area contributed by atoms with Crippen molar-refractivity contribution in [2.75, 3.05) is 13.1 Å². The van der Waals surface area contributed by atoms with Crippen molar-refractivity contribution in [3.8, 4) is 0 Å². The van der Waals surface area contributed by atoms with Crippen LogP contribution in [0.1, 0.15) is 32.1 Å². The van der Waals surface area contributed by atoms with Crippen LogP contribution in [0.25, 0.3) is 0 Å². The van der Waals surface area contributed by atoms with Crippen LogP contribution in [-0.4, -0.2) is 25.5 Å². The van der Waals surface area contributed by atoms with Crippen molar-refractivity contribution in [1.29, 1.82) is 0 Å². The van der Waals surface area contributed by atoms with Gasteiger partial charge >= 0.3 is 0 Å². The Morgan fingerprint density at radius 2 is 1.27 bits per heavy atom. The number of nitrogens with zero attached hydrogens (tertiary/aromatic N) is 2. The summed E-state index contributed by atoms with van der Waals surface area (Å²) in [5, 5.41) is 0. The minimum Gasteiger partial charge on any atom is -0.297 e. The predicted octanol–water partition coefficient (Wildman–Crippen LogP) is 2.09. The van der Waals surface area contributed by atoms with E-state index in [1.807, 2.05) is 0 Å². The van der Waals surface area contributed by atoms with Gasteiger partial charge in [0, 0.05) is 13.1 Å². The van der Waals surface area contributed by atoms with E-state index in [4.69, 9.17) is 0 Å². The normalized spacial score (nSPS) is 21.1. The highest BCUT2D eigenvalue weighted by molar-refractivity contribution is 5.58. The van der Waals surface area contributed by atoms with Crippen molar-refractivity contribution >= 4 is 12.4 Å². The minimum absolute atomic E-state index is 0.956. The molecule has 2 nitrogen and oxygen atoms in total. The quantitative estimate of drug-likeness (QED) is 0.508. The molecule has 11 heavy (non-hydrogen) atoms. The molecule has 0 bridgehead atoms. The Labute approximate surface area is 68.4 Å². The van der Waals surface area contributed by atoms with Crippen molar-refractivity contribution in [3.63, 3.8) is 0 Å². The van der Waals surface area contributed by atoms with Gasteiger partial charge in [-0.05, 0) is 44.5 Å². The molecule has 2 heteroatoms. The van der Waals surface area contributed by atoms with Crippen LogP contribution in [0.3, 0.4) is 0 Å². The number of rotatable bonds is 0. The lowest BCUT2D eigenvalue weighted by atomic mass is 10.2. The maximum absolute atomic E-state index is 4.28. The average Bonchev–Trinajstić information content (AvgIpc) is 2.08. The third-order valence-corrected chi connectivity index (χ3v) is 1.75. The average molecular weight is 152 g/mol. The largest absolute Gasteiger partial charge is 0.297 e. The van der Waals surface area contributed by atoms with Gasteiger partial charge in [0.1, 0.15) is 0 Å².